The lowest BCUT2D eigenvalue weighted by Gasteiger charge is -2.28. The summed E-state index contributed by atoms with van der Waals surface area (Å²) in [5.74, 6) is 0. The first-order chi connectivity index (χ1) is 4.17. The Bertz CT molecular complexity index is 101. The van der Waals surface area contributed by atoms with Gasteiger partial charge in [-0.25, -0.2) is 0 Å². The summed E-state index contributed by atoms with van der Waals surface area (Å²) in [5, 5.41) is 0. The van der Waals surface area contributed by atoms with Crippen LogP contribution >= 0.6 is 0 Å². The van der Waals surface area contributed by atoms with Crippen LogP contribution in [0.3, 0.4) is 0 Å². The van der Waals surface area contributed by atoms with E-state index in [2.05, 4.69) is 25.7 Å². The zero-order valence-corrected chi connectivity index (χ0v) is 6.48. The quantitative estimate of drug-likeness (QED) is 0.525. The minimum Gasteiger partial charge on any atom is -0.360 e. The molecule has 0 unspecified atom stereocenters. The highest BCUT2D eigenvalue weighted by Gasteiger charge is 2.30. The summed E-state index contributed by atoms with van der Waals surface area (Å²) in [6.45, 7) is 9.46. The monoisotopic (exact) mass is 129 g/mol. The van der Waals surface area contributed by atoms with E-state index >= 15 is 0 Å². The molecule has 0 radical (unpaired) electrons. The maximum Gasteiger partial charge on any atom is 0.116 e. The predicted octanol–water partition coefficient (Wildman–Crippen LogP) is 1.07. The molecular weight excluding hydrogens is 114 g/mol. The van der Waals surface area contributed by atoms with Gasteiger partial charge in [0.1, 0.15) is 5.72 Å². The molecule has 0 N–H and O–H groups in total. The van der Waals surface area contributed by atoms with Crippen molar-refractivity contribution in [1.82, 2.24) is 4.90 Å². The van der Waals surface area contributed by atoms with E-state index < -0.39 is 0 Å². The van der Waals surface area contributed by atoms with E-state index in [0.717, 1.165) is 19.7 Å². The first kappa shape index (κ1) is 7.03. The summed E-state index contributed by atoms with van der Waals surface area (Å²) in [6, 6.07) is 0. The molecule has 0 spiro atoms. The van der Waals surface area contributed by atoms with Crippen LogP contribution in [0.1, 0.15) is 20.8 Å². The first-order valence-corrected chi connectivity index (χ1v) is 3.56. The van der Waals surface area contributed by atoms with Gasteiger partial charge in [-0.15, -0.1) is 0 Å². The fraction of sp³-hybridized carbons (Fsp3) is 1.00. The van der Waals surface area contributed by atoms with Crippen molar-refractivity contribution >= 4 is 0 Å². The Kier molecular flexibility index (Phi) is 1.78. The SMILES string of the molecule is CCN1CCOC1(C)C. The molecule has 1 saturated heterocycles. The van der Waals surface area contributed by atoms with Crippen LogP contribution < -0.4 is 0 Å². The Morgan fingerprint density at radius 3 is 2.44 bits per heavy atom. The van der Waals surface area contributed by atoms with Crippen LogP contribution in [0.15, 0.2) is 0 Å². The molecule has 0 aromatic rings. The van der Waals surface area contributed by atoms with Gasteiger partial charge in [0.2, 0.25) is 0 Å². The summed E-state index contributed by atoms with van der Waals surface area (Å²) in [7, 11) is 0. The van der Waals surface area contributed by atoms with E-state index in [-0.39, 0.29) is 5.72 Å². The summed E-state index contributed by atoms with van der Waals surface area (Å²) in [5.41, 5.74) is -0.00521. The van der Waals surface area contributed by atoms with Crippen LogP contribution in [0.25, 0.3) is 0 Å². The minimum absolute atomic E-state index is 0.00521. The molecule has 2 nitrogen and oxygen atoms in total. The largest absolute Gasteiger partial charge is 0.360 e. The lowest BCUT2D eigenvalue weighted by atomic mass is 10.3. The van der Waals surface area contributed by atoms with Crippen molar-refractivity contribution in [1.29, 1.82) is 0 Å². The molecule has 0 aliphatic carbocycles. The number of nitrogens with zero attached hydrogens (tertiary/aromatic N) is 1. The third-order valence-electron chi connectivity index (χ3n) is 1.96. The Morgan fingerprint density at radius 2 is 2.22 bits per heavy atom. The highest BCUT2D eigenvalue weighted by atomic mass is 16.5. The standard InChI is InChI=1S/C7H15NO/c1-4-8-5-6-9-7(8,2)3/h4-6H2,1-3H3. The molecule has 1 rings (SSSR count). The van der Waals surface area contributed by atoms with E-state index in [9.17, 15) is 0 Å². The Hall–Kier alpha value is -0.0800. The fourth-order valence-electron chi connectivity index (χ4n) is 1.31. The van der Waals surface area contributed by atoms with Gasteiger partial charge < -0.3 is 4.74 Å². The van der Waals surface area contributed by atoms with Crippen molar-refractivity contribution in [2.24, 2.45) is 0 Å². The molecule has 0 bridgehead atoms. The van der Waals surface area contributed by atoms with Gasteiger partial charge in [0, 0.05) is 6.54 Å². The molecule has 54 valence electrons. The third kappa shape index (κ3) is 1.25. The predicted molar refractivity (Wildman–Crippen MR) is 37.3 cm³/mol. The number of rotatable bonds is 1. The third-order valence-corrected chi connectivity index (χ3v) is 1.96. The van der Waals surface area contributed by atoms with Crippen molar-refractivity contribution in [3.8, 4) is 0 Å². The number of hydrogen-bond acceptors (Lipinski definition) is 2. The molecule has 1 heterocycles. The van der Waals surface area contributed by atoms with Crippen molar-refractivity contribution < 1.29 is 4.74 Å². The zero-order valence-electron chi connectivity index (χ0n) is 6.48. The smallest absolute Gasteiger partial charge is 0.116 e. The summed E-state index contributed by atoms with van der Waals surface area (Å²) >= 11 is 0. The summed E-state index contributed by atoms with van der Waals surface area (Å²) in [6.07, 6.45) is 0. The molecule has 0 amide bonds. The molecule has 0 atom stereocenters. The summed E-state index contributed by atoms with van der Waals surface area (Å²) in [4.78, 5) is 2.33. The fourth-order valence-corrected chi connectivity index (χ4v) is 1.31. The highest BCUT2D eigenvalue weighted by molar-refractivity contribution is 4.75. The molecule has 0 aromatic carbocycles. The van der Waals surface area contributed by atoms with Crippen molar-refractivity contribution in [2.75, 3.05) is 19.7 Å². The van der Waals surface area contributed by atoms with Gasteiger partial charge in [-0.05, 0) is 20.4 Å². The number of ether oxygens (including phenoxy) is 1. The molecule has 1 aliphatic heterocycles. The summed E-state index contributed by atoms with van der Waals surface area (Å²) < 4.78 is 5.47. The van der Waals surface area contributed by atoms with Gasteiger partial charge in [0.05, 0.1) is 6.61 Å². The molecule has 0 aromatic heterocycles. The molecule has 0 saturated carbocycles. The lowest BCUT2D eigenvalue weighted by molar-refractivity contribution is -0.0476. The van der Waals surface area contributed by atoms with E-state index in [0.29, 0.717) is 0 Å². The van der Waals surface area contributed by atoms with E-state index in [1.807, 2.05) is 0 Å². The second-order valence-corrected chi connectivity index (χ2v) is 2.87. The molecule has 1 fully saturated rings. The number of likely N-dealkylation sites (N-methyl/N-ethyl adjacent to an activating group) is 1. The van der Waals surface area contributed by atoms with Crippen molar-refractivity contribution in [3.05, 3.63) is 0 Å². The van der Waals surface area contributed by atoms with Crippen LogP contribution in [0.5, 0.6) is 0 Å². The maximum atomic E-state index is 5.47. The lowest BCUT2D eigenvalue weighted by Crippen LogP contribution is -2.38. The Balaban J connectivity index is 2.52. The highest BCUT2D eigenvalue weighted by Crippen LogP contribution is 2.20. The molecule has 1 aliphatic rings. The Labute approximate surface area is 56.8 Å². The second-order valence-electron chi connectivity index (χ2n) is 2.87. The van der Waals surface area contributed by atoms with Crippen molar-refractivity contribution in [3.63, 3.8) is 0 Å². The van der Waals surface area contributed by atoms with Crippen LogP contribution in [-0.4, -0.2) is 30.3 Å². The van der Waals surface area contributed by atoms with Gasteiger partial charge in [-0.3, -0.25) is 4.90 Å². The molecule has 2 heteroatoms. The van der Waals surface area contributed by atoms with Crippen molar-refractivity contribution in [2.45, 2.75) is 26.5 Å². The average molecular weight is 129 g/mol. The number of hydrogen-bond donors (Lipinski definition) is 0. The van der Waals surface area contributed by atoms with Gasteiger partial charge in [0.15, 0.2) is 0 Å². The average Bonchev–Trinajstić information content (AvgIpc) is 2.08. The van der Waals surface area contributed by atoms with Gasteiger partial charge >= 0.3 is 0 Å². The van der Waals surface area contributed by atoms with Crippen LogP contribution in [0, 0.1) is 0 Å². The normalized spacial score (nSPS) is 27.0. The van der Waals surface area contributed by atoms with E-state index in [1.165, 1.54) is 0 Å². The second kappa shape index (κ2) is 2.27. The minimum atomic E-state index is -0.00521. The van der Waals surface area contributed by atoms with E-state index in [4.69, 9.17) is 4.74 Å². The zero-order chi connectivity index (χ0) is 6.91. The van der Waals surface area contributed by atoms with Crippen LogP contribution in [0.2, 0.25) is 0 Å². The molecule has 9 heavy (non-hydrogen) atoms. The van der Waals surface area contributed by atoms with E-state index in [1.54, 1.807) is 0 Å². The van der Waals surface area contributed by atoms with Gasteiger partial charge in [-0.1, -0.05) is 6.92 Å². The van der Waals surface area contributed by atoms with Crippen LogP contribution in [-0.2, 0) is 4.74 Å². The van der Waals surface area contributed by atoms with Gasteiger partial charge in [-0.2, -0.15) is 0 Å². The molecular formula is C7H15NO. The van der Waals surface area contributed by atoms with Crippen LogP contribution in [0.4, 0.5) is 0 Å². The topological polar surface area (TPSA) is 12.5 Å². The Morgan fingerprint density at radius 1 is 1.56 bits per heavy atom. The maximum absolute atomic E-state index is 5.47. The first-order valence-electron chi connectivity index (χ1n) is 3.56. The van der Waals surface area contributed by atoms with Gasteiger partial charge in [0.25, 0.3) is 0 Å².